The zero-order chi connectivity index (χ0) is 21.0. The third-order valence-corrected chi connectivity index (χ3v) is 5.16. The smallest absolute Gasteiger partial charge is 0.227 e. The van der Waals surface area contributed by atoms with Gasteiger partial charge in [-0.3, -0.25) is 10.1 Å². The summed E-state index contributed by atoms with van der Waals surface area (Å²) in [7, 11) is 2.07. The van der Waals surface area contributed by atoms with Crippen LogP contribution in [-0.2, 0) is 11.2 Å². The number of amides is 1. The summed E-state index contributed by atoms with van der Waals surface area (Å²) in [6.45, 7) is 9.68. The predicted molar refractivity (Wildman–Crippen MR) is 112 cm³/mol. The van der Waals surface area contributed by atoms with Crippen molar-refractivity contribution in [2.45, 2.75) is 45.4 Å². The molecule has 1 fully saturated rings. The first-order valence-electron chi connectivity index (χ1n) is 10.3. The zero-order valence-corrected chi connectivity index (χ0v) is 17.9. The highest BCUT2D eigenvalue weighted by Gasteiger charge is 2.25. The summed E-state index contributed by atoms with van der Waals surface area (Å²) in [5, 5.41) is 13.3. The van der Waals surface area contributed by atoms with E-state index in [0.717, 1.165) is 42.9 Å². The van der Waals surface area contributed by atoms with Gasteiger partial charge in [-0.1, -0.05) is 0 Å². The quantitative estimate of drug-likeness (QED) is 0.690. The summed E-state index contributed by atoms with van der Waals surface area (Å²) in [6, 6.07) is 3.79. The Balaban J connectivity index is 1.67. The van der Waals surface area contributed by atoms with Crippen LogP contribution in [0.3, 0.4) is 0 Å². The van der Waals surface area contributed by atoms with E-state index < -0.39 is 6.23 Å². The van der Waals surface area contributed by atoms with Crippen LogP contribution in [0, 0.1) is 0 Å². The monoisotopic (exact) mass is 403 g/mol. The molecule has 2 aliphatic heterocycles. The van der Waals surface area contributed by atoms with Crippen LogP contribution >= 0.6 is 0 Å². The first kappa shape index (κ1) is 21.6. The Morgan fingerprint density at radius 1 is 1.31 bits per heavy atom. The number of ether oxygens (including phenoxy) is 1. The third-order valence-electron chi connectivity index (χ3n) is 5.16. The van der Waals surface area contributed by atoms with E-state index in [-0.39, 0.29) is 11.4 Å². The van der Waals surface area contributed by atoms with E-state index in [1.54, 1.807) is 12.5 Å². The molecule has 0 radical (unpaired) electrons. The summed E-state index contributed by atoms with van der Waals surface area (Å²) in [5.41, 5.74) is 2.60. The predicted octanol–water partition coefficient (Wildman–Crippen LogP) is 2.18. The minimum atomic E-state index is -0.648. The minimum absolute atomic E-state index is 0.116. The van der Waals surface area contributed by atoms with Gasteiger partial charge in [0.05, 0.1) is 25.6 Å². The van der Waals surface area contributed by atoms with Crippen molar-refractivity contribution < 1.29 is 19.1 Å². The highest BCUT2D eigenvalue weighted by molar-refractivity contribution is 5.85. The van der Waals surface area contributed by atoms with Crippen LogP contribution in [0.4, 0.5) is 0 Å². The van der Waals surface area contributed by atoms with Gasteiger partial charge in [0.1, 0.15) is 12.0 Å². The molecule has 0 bridgehead atoms. The van der Waals surface area contributed by atoms with Gasteiger partial charge in [0.15, 0.2) is 0 Å². The van der Waals surface area contributed by atoms with Crippen molar-refractivity contribution in [3.05, 3.63) is 30.2 Å². The highest BCUT2D eigenvalue weighted by atomic mass is 16.5. The van der Waals surface area contributed by atoms with Crippen LogP contribution < -0.4 is 10.1 Å². The molecule has 0 spiro atoms. The van der Waals surface area contributed by atoms with Gasteiger partial charge in [-0.25, -0.2) is 0 Å². The van der Waals surface area contributed by atoms with Crippen LogP contribution in [0.1, 0.15) is 32.8 Å². The van der Waals surface area contributed by atoms with E-state index in [9.17, 15) is 9.90 Å². The second kappa shape index (κ2) is 9.15. The summed E-state index contributed by atoms with van der Waals surface area (Å²) >= 11 is 0. The van der Waals surface area contributed by atoms with Gasteiger partial charge < -0.3 is 24.1 Å². The average molecular weight is 404 g/mol. The maximum atomic E-state index is 12.9. The Morgan fingerprint density at radius 2 is 2.03 bits per heavy atom. The van der Waals surface area contributed by atoms with E-state index in [0.29, 0.717) is 25.2 Å². The molecular formula is C22H33N3O4. The lowest BCUT2D eigenvalue weighted by atomic mass is 10.1. The topological polar surface area (TPSA) is 78.2 Å². The summed E-state index contributed by atoms with van der Waals surface area (Å²) in [6.07, 6.45) is 3.39. The number of carbonyl (C=O) groups is 1. The number of likely N-dealkylation sites (N-methyl/N-ethyl adjacent to an activating group) is 1. The largest absolute Gasteiger partial charge is 0.493 e. The van der Waals surface area contributed by atoms with Crippen molar-refractivity contribution in [1.29, 1.82) is 0 Å². The number of carbonyl (C=O) groups excluding carboxylic acids is 1. The molecular weight excluding hydrogens is 370 g/mol. The first-order valence-corrected chi connectivity index (χ1v) is 10.3. The number of nitrogens with one attached hydrogen (secondary N) is 1. The molecule has 0 aromatic rings. The maximum absolute atomic E-state index is 12.9. The number of rotatable bonds is 7. The molecule has 2 heterocycles. The van der Waals surface area contributed by atoms with Gasteiger partial charge in [0.2, 0.25) is 5.91 Å². The second-order valence-corrected chi connectivity index (χ2v) is 8.82. The molecule has 0 aromatic carbocycles. The molecule has 0 saturated carbocycles. The Labute approximate surface area is 173 Å². The molecule has 0 aromatic heterocycles. The molecule has 2 N–H and O–H groups in total. The Morgan fingerprint density at radius 3 is 2.72 bits per heavy atom. The molecule has 1 atom stereocenters. The Kier molecular flexibility index (Phi) is 6.82. The Hall–Kier alpha value is -2.09. The van der Waals surface area contributed by atoms with E-state index in [1.165, 1.54) is 0 Å². The molecule has 1 amide bonds. The van der Waals surface area contributed by atoms with Crippen LogP contribution in [0.2, 0.25) is 0 Å². The first-order chi connectivity index (χ1) is 13.7. The standard InChI is InChI=1S/C22H33N3O4/c1-22(2,3)23-20(26)6-12-29-19-13-16-15-28-11-5-17(16)18(19)14-21(27)25-9-7-24(4)8-10-25/h5,11,13,15,20,23,26H,6-10,12,14H2,1-4H3. The van der Waals surface area contributed by atoms with Crippen molar-refractivity contribution in [3.63, 3.8) is 0 Å². The number of piperazine rings is 1. The number of nitrogens with zero attached hydrogens (tertiary/aromatic N) is 2. The van der Waals surface area contributed by atoms with Crippen molar-refractivity contribution >= 4 is 5.91 Å². The number of aliphatic hydroxyl groups is 1. The minimum Gasteiger partial charge on any atom is -0.493 e. The van der Waals surface area contributed by atoms with Crippen LogP contribution in [-0.4, -0.2) is 72.4 Å². The van der Waals surface area contributed by atoms with Gasteiger partial charge in [0.25, 0.3) is 0 Å². The fourth-order valence-corrected chi connectivity index (χ4v) is 3.61. The van der Waals surface area contributed by atoms with E-state index >= 15 is 0 Å². The van der Waals surface area contributed by atoms with Gasteiger partial charge in [-0.2, -0.15) is 0 Å². The van der Waals surface area contributed by atoms with E-state index in [2.05, 4.69) is 17.3 Å². The van der Waals surface area contributed by atoms with E-state index in [4.69, 9.17) is 9.15 Å². The molecule has 3 aliphatic rings. The van der Waals surface area contributed by atoms with Crippen molar-refractivity contribution in [3.8, 4) is 16.9 Å². The van der Waals surface area contributed by atoms with Crippen LogP contribution in [0.15, 0.2) is 29.1 Å². The van der Waals surface area contributed by atoms with Crippen LogP contribution in [0.5, 0.6) is 5.75 Å². The average Bonchev–Trinajstić information content (AvgIpc) is 2.98. The molecule has 1 aliphatic carbocycles. The van der Waals surface area contributed by atoms with Gasteiger partial charge in [-0.05, 0) is 45.5 Å². The summed E-state index contributed by atoms with van der Waals surface area (Å²) < 4.78 is 11.3. The fourth-order valence-electron chi connectivity index (χ4n) is 3.61. The Bertz CT molecular complexity index is 775. The SMILES string of the molecule is CN1CCN(C(=O)Cc2c(OCCC(O)NC(C)(C)C)cc3coccc2-3)CC1. The fraction of sp³-hybridized carbons (Fsp3) is 0.591. The summed E-state index contributed by atoms with van der Waals surface area (Å²) in [4.78, 5) is 17.0. The number of hydrogen-bond donors (Lipinski definition) is 2. The van der Waals surface area contributed by atoms with Gasteiger partial charge in [0, 0.05) is 49.3 Å². The lowest BCUT2D eigenvalue weighted by Crippen LogP contribution is -2.47. The molecule has 1 saturated heterocycles. The van der Waals surface area contributed by atoms with Gasteiger partial charge >= 0.3 is 0 Å². The zero-order valence-electron chi connectivity index (χ0n) is 17.9. The molecule has 160 valence electrons. The normalized spacial score (nSPS) is 16.9. The lowest BCUT2D eigenvalue weighted by molar-refractivity contribution is -0.132. The molecule has 1 unspecified atom stereocenters. The molecule has 29 heavy (non-hydrogen) atoms. The number of fused-ring (bicyclic) bond motifs is 1. The summed E-state index contributed by atoms with van der Waals surface area (Å²) in [5.74, 6) is 0.803. The second-order valence-electron chi connectivity index (χ2n) is 8.82. The van der Waals surface area contributed by atoms with Crippen molar-refractivity contribution in [1.82, 2.24) is 15.1 Å². The third kappa shape index (κ3) is 5.95. The number of aliphatic hydroxyl groups excluding tert-OH is 1. The lowest BCUT2D eigenvalue weighted by Gasteiger charge is -2.32. The molecule has 7 nitrogen and oxygen atoms in total. The maximum Gasteiger partial charge on any atom is 0.227 e. The highest BCUT2D eigenvalue weighted by Crippen LogP contribution is 2.37. The number of hydrogen-bond acceptors (Lipinski definition) is 6. The molecule has 7 heteroatoms. The van der Waals surface area contributed by atoms with Gasteiger partial charge in [-0.15, -0.1) is 0 Å². The molecule has 3 rings (SSSR count). The van der Waals surface area contributed by atoms with Crippen molar-refractivity contribution in [2.24, 2.45) is 0 Å². The van der Waals surface area contributed by atoms with E-state index in [1.807, 2.05) is 37.8 Å². The van der Waals surface area contributed by atoms with Crippen molar-refractivity contribution in [2.75, 3.05) is 39.8 Å². The van der Waals surface area contributed by atoms with Crippen LogP contribution in [0.25, 0.3) is 11.1 Å².